The highest BCUT2D eigenvalue weighted by Gasteiger charge is 2.25. The predicted molar refractivity (Wildman–Crippen MR) is 68.0 cm³/mol. The maximum atomic E-state index is 11.0. The van der Waals surface area contributed by atoms with E-state index in [4.69, 9.17) is 16.7 Å². The van der Waals surface area contributed by atoms with Crippen LogP contribution in [0.15, 0.2) is 24.3 Å². The number of H-pyrrole nitrogens is 1. The number of carbonyl (C=O) groups is 1. The lowest BCUT2D eigenvalue weighted by Gasteiger charge is -2.01. The van der Waals surface area contributed by atoms with Gasteiger partial charge >= 0.3 is 5.97 Å². The number of nitrogens with one attached hydrogen (secondary N) is 1. The Morgan fingerprint density at radius 1 is 1.39 bits per heavy atom. The van der Waals surface area contributed by atoms with Crippen molar-refractivity contribution in [3.8, 4) is 11.3 Å². The number of rotatable bonds is 3. The zero-order chi connectivity index (χ0) is 12.7. The van der Waals surface area contributed by atoms with Crippen molar-refractivity contribution in [2.24, 2.45) is 0 Å². The summed E-state index contributed by atoms with van der Waals surface area (Å²) in [5, 5.41) is 16.5. The second kappa shape index (κ2) is 4.14. The van der Waals surface area contributed by atoms with Crippen molar-refractivity contribution >= 4 is 17.6 Å². The van der Waals surface area contributed by atoms with Crippen molar-refractivity contribution in [1.82, 2.24) is 10.2 Å². The number of carboxylic acids is 1. The van der Waals surface area contributed by atoms with Gasteiger partial charge in [0.15, 0.2) is 0 Å². The first-order valence-corrected chi connectivity index (χ1v) is 6.11. The van der Waals surface area contributed by atoms with E-state index in [9.17, 15) is 4.79 Å². The molecule has 4 nitrogen and oxygen atoms in total. The molecule has 92 valence electrons. The summed E-state index contributed by atoms with van der Waals surface area (Å²) in [6, 6.07) is 6.90. The zero-order valence-corrected chi connectivity index (χ0v) is 10.2. The number of aromatic amines is 1. The molecule has 0 radical (unpaired) electrons. The molecule has 0 aliphatic heterocycles. The van der Waals surface area contributed by atoms with E-state index in [0.29, 0.717) is 5.92 Å². The first kappa shape index (κ1) is 11.3. The summed E-state index contributed by atoms with van der Waals surface area (Å²) in [6.45, 7) is 0. The Bertz CT molecular complexity index is 617. The minimum atomic E-state index is -1.03. The van der Waals surface area contributed by atoms with Crippen LogP contribution in [0.25, 0.3) is 11.3 Å². The molecule has 0 unspecified atom stereocenters. The molecule has 0 atom stereocenters. The third-order valence-electron chi connectivity index (χ3n) is 3.11. The molecule has 0 spiro atoms. The second-order valence-corrected chi connectivity index (χ2v) is 4.89. The van der Waals surface area contributed by atoms with Crippen LogP contribution in [-0.4, -0.2) is 21.3 Å². The quantitative estimate of drug-likeness (QED) is 0.892. The number of aromatic carboxylic acids is 1. The molecule has 5 heteroatoms. The summed E-state index contributed by atoms with van der Waals surface area (Å²) in [7, 11) is 0. The van der Waals surface area contributed by atoms with Gasteiger partial charge in [-0.2, -0.15) is 5.10 Å². The molecule has 2 aromatic rings. The fourth-order valence-electron chi connectivity index (χ4n) is 1.94. The number of benzene rings is 1. The van der Waals surface area contributed by atoms with Crippen LogP contribution in [0.4, 0.5) is 0 Å². The van der Waals surface area contributed by atoms with E-state index in [-0.39, 0.29) is 10.6 Å². The molecule has 2 N–H and O–H groups in total. The lowest BCUT2D eigenvalue weighted by molar-refractivity contribution is 0.0697. The molecule has 1 heterocycles. The Morgan fingerprint density at radius 2 is 2.17 bits per heavy atom. The predicted octanol–water partition coefficient (Wildman–Crippen LogP) is 3.31. The van der Waals surface area contributed by atoms with Gasteiger partial charge in [-0.1, -0.05) is 17.7 Å². The molecule has 0 saturated heterocycles. The Balaban J connectivity index is 1.99. The minimum absolute atomic E-state index is 0.102. The molecule has 1 aliphatic rings. The molecule has 3 rings (SSSR count). The Kier molecular flexibility index (Phi) is 2.59. The molecule has 1 aromatic carbocycles. The van der Waals surface area contributed by atoms with E-state index in [1.54, 1.807) is 18.2 Å². The fraction of sp³-hybridized carbons (Fsp3) is 0.231. The minimum Gasteiger partial charge on any atom is -0.478 e. The molecule has 1 saturated carbocycles. The van der Waals surface area contributed by atoms with Crippen LogP contribution in [0.5, 0.6) is 0 Å². The summed E-state index contributed by atoms with van der Waals surface area (Å²) >= 11 is 5.84. The highest BCUT2D eigenvalue weighted by Crippen LogP contribution is 2.40. The van der Waals surface area contributed by atoms with E-state index in [1.165, 1.54) is 12.8 Å². The number of aromatic nitrogens is 2. The van der Waals surface area contributed by atoms with Crippen molar-refractivity contribution in [3.05, 3.63) is 40.5 Å². The van der Waals surface area contributed by atoms with Gasteiger partial charge in [0.05, 0.1) is 16.3 Å². The van der Waals surface area contributed by atoms with Gasteiger partial charge in [-0.05, 0) is 31.0 Å². The van der Waals surface area contributed by atoms with Gasteiger partial charge in [0.25, 0.3) is 0 Å². The van der Waals surface area contributed by atoms with E-state index in [0.717, 1.165) is 17.0 Å². The molecule has 1 aliphatic carbocycles. The van der Waals surface area contributed by atoms with Gasteiger partial charge in [0.2, 0.25) is 0 Å². The van der Waals surface area contributed by atoms with E-state index >= 15 is 0 Å². The van der Waals surface area contributed by atoms with Crippen molar-refractivity contribution in [1.29, 1.82) is 0 Å². The topological polar surface area (TPSA) is 66.0 Å². The zero-order valence-electron chi connectivity index (χ0n) is 9.48. The van der Waals surface area contributed by atoms with Crippen LogP contribution in [0.3, 0.4) is 0 Å². The largest absolute Gasteiger partial charge is 0.478 e. The van der Waals surface area contributed by atoms with Crippen LogP contribution in [0.1, 0.15) is 34.8 Å². The molecule has 0 amide bonds. The number of halogens is 1. The Labute approximate surface area is 109 Å². The monoisotopic (exact) mass is 262 g/mol. The summed E-state index contributed by atoms with van der Waals surface area (Å²) < 4.78 is 0. The Morgan fingerprint density at radius 3 is 2.83 bits per heavy atom. The van der Waals surface area contributed by atoms with Crippen LogP contribution in [-0.2, 0) is 0 Å². The van der Waals surface area contributed by atoms with Gasteiger partial charge in [0.1, 0.15) is 0 Å². The molecule has 0 bridgehead atoms. The molecular weight excluding hydrogens is 252 g/mol. The lowest BCUT2D eigenvalue weighted by Crippen LogP contribution is -1.97. The lowest BCUT2D eigenvalue weighted by atomic mass is 10.1. The van der Waals surface area contributed by atoms with Gasteiger partial charge < -0.3 is 5.11 Å². The van der Waals surface area contributed by atoms with Crippen molar-refractivity contribution in [2.75, 3.05) is 0 Å². The molecule has 1 aromatic heterocycles. The highest BCUT2D eigenvalue weighted by atomic mass is 35.5. The highest BCUT2D eigenvalue weighted by molar-refractivity contribution is 6.33. The molecule has 18 heavy (non-hydrogen) atoms. The molecular formula is C13H11ClN2O2. The smallest absolute Gasteiger partial charge is 0.337 e. The summed E-state index contributed by atoms with van der Waals surface area (Å²) in [4.78, 5) is 11.0. The van der Waals surface area contributed by atoms with Crippen LogP contribution < -0.4 is 0 Å². The van der Waals surface area contributed by atoms with Gasteiger partial charge in [0, 0.05) is 17.2 Å². The van der Waals surface area contributed by atoms with E-state index < -0.39 is 5.97 Å². The van der Waals surface area contributed by atoms with Crippen LogP contribution in [0, 0.1) is 0 Å². The summed E-state index contributed by atoms with van der Waals surface area (Å²) in [5.41, 5.74) is 2.75. The fourth-order valence-corrected chi connectivity index (χ4v) is 2.13. The van der Waals surface area contributed by atoms with Crippen molar-refractivity contribution < 1.29 is 9.90 Å². The second-order valence-electron chi connectivity index (χ2n) is 4.48. The third kappa shape index (κ3) is 1.99. The van der Waals surface area contributed by atoms with Gasteiger partial charge in [-0.15, -0.1) is 0 Å². The SMILES string of the molecule is O=C(O)c1cc(-c2cc(C3CC3)[nH]n2)ccc1Cl. The average Bonchev–Trinajstić information content (AvgIpc) is 3.08. The first-order chi connectivity index (χ1) is 8.65. The average molecular weight is 263 g/mol. The molecule has 1 fully saturated rings. The van der Waals surface area contributed by atoms with Crippen LogP contribution >= 0.6 is 11.6 Å². The Hall–Kier alpha value is -1.81. The standard InChI is InChI=1S/C13H11ClN2O2/c14-10-4-3-8(5-9(10)13(17)18)12-6-11(15-16-12)7-1-2-7/h3-7H,1-2H2,(H,15,16)(H,17,18). The van der Waals surface area contributed by atoms with Gasteiger partial charge in [-0.3, -0.25) is 5.10 Å². The summed E-state index contributed by atoms with van der Waals surface area (Å²) in [5.74, 6) is -0.433. The normalized spacial score (nSPS) is 14.7. The number of hydrogen-bond donors (Lipinski definition) is 2. The third-order valence-corrected chi connectivity index (χ3v) is 3.44. The number of nitrogens with zero attached hydrogens (tertiary/aromatic N) is 1. The maximum absolute atomic E-state index is 11.0. The van der Waals surface area contributed by atoms with Crippen molar-refractivity contribution in [3.63, 3.8) is 0 Å². The van der Waals surface area contributed by atoms with Crippen LogP contribution in [0.2, 0.25) is 5.02 Å². The van der Waals surface area contributed by atoms with Crippen molar-refractivity contribution in [2.45, 2.75) is 18.8 Å². The van der Waals surface area contributed by atoms with E-state index in [1.807, 2.05) is 6.07 Å². The maximum Gasteiger partial charge on any atom is 0.337 e. The summed E-state index contributed by atoms with van der Waals surface area (Å²) in [6.07, 6.45) is 2.39. The number of carboxylic acid groups (broad SMARTS) is 1. The van der Waals surface area contributed by atoms with Gasteiger partial charge in [-0.25, -0.2) is 4.79 Å². The van der Waals surface area contributed by atoms with E-state index in [2.05, 4.69) is 10.2 Å². The number of hydrogen-bond acceptors (Lipinski definition) is 2. The first-order valence-electron chi connectivity index (χ1n) is 5.73.